The molecule has 2 N–H and O–H groups in total. The maximum Gasteiger partial charge on any atom is 0.342 e. The molecule has 0 bridgehead atoms. The van der Waals surface area contributed by atoms with Crippen LogP contribution in [0.25, 0.3) is 0 Å². The number of carbonyl (C=O) groups is 3. The van der Waals surface area contributed by atoms with Gasteiger partial charge in [-0.1, -0.05) is 53.6 Å². The lowest BCUT2D eigenvalue weighted by molar-refractivity contribution is -0.126. The van der Waals surface area contributed by atoms with Crippen LogP contribution in [0.2, 0.25) is 5.02 Å². The fraction of sp³-hybridized carbons (Fsp3) is 0.222. The first kappa shape index (κ1) is 25.8. The number of esters is 1. The lowest BCUT2D eigenvalue weighted by Crippen LogP contribution is -2.35. The largest absolute Gasteiger partial charge is 0.488 e. The van der Waals surface area contributed by atoms with Gasteiger partial charge in [0.05, 0.1) is 6.54 Å². The maximum atomic E-state index is 12.5. The minimum absolute atomic E-state index is 0.192. The third-order valence-corrected chi connectivity index (χ3v) is 5.39. The van der Waals surface area contributed by atoms with E-state index in [9.17, 15) is 14.4 Å². The number of hydrogen-bond acceptors (Lipinski definition) is 5. The van der Waals surface area contributed by atoms with E-state index in [1.165, 1.54) is 0 Å². The molecule has 3 aromatic rings. The summed E-state index contributed by atoms with van der Waals surface area (Å²) in [5.74, 6) is -1.34. The molecule has 0 saturated heterocycles. The smallest absolute Gasteiger partial charge is 0.342 e. The SMILES string of the molecule is Cc1cc(C)c(NC(=O)CNC(=O)COC(=O)c2ccccc2OCc2ccc(Cl)cc2)c(C)c1. The summed E-state index contributed by atoms with van der Waals surface area (Å²) < 4.78 is 10.9. The highest BCUT2D eigenvalue weighted by atomic mass is 35.5. The number of nitrogens with one attached hydrogen (secondary N) is 2. The van der Waals surface area contributed by atoms with Gasteiger partial charge in [-0.3, -0.25) is 9.59 Å². The molecule has 0 atom stereocenters. The van der Waals surface area contributed by atoms with Gasteiger partial charge in [0, 0.05) is 10.7 Å². The lowest BCUT2D eigenvalue weighted by Gasteiger charge is -2.13. The first-order valence-electron chi connectivity index (χ1n) is 11.0. The zero-order valence-corrected chi connectivity index (χ0v) is 20.6. The van der Waals surface area contributed by atoms with Gasteiger partial charge in [-0.05, 0) is 61.7 Å². The van der Waals surface area contributed by atoms with Gasteiger partial charge in [0.25, 0.3) is 5.91 Å². The van der Waals surface area contributed by atoms with E-state index in [-0.39, 0.29) is 24.6 Å². The third kappa shape index (κ3) is 7.58. The molecular weight excluding hydrogens is 468 g/mol. The quantitative estimate of drug-likeness (QED) is 0.418. The van der Waals surface area contributed by atoms with Crippen molar-refractivity contribution < 1.29 is 23.9 Å². The third-order valence-electron chi connectivity index (χ3n) is 5.14. The Hall–Kier alpha value is -3.84. The summed E-state index contributed by atoms with van der Waals surface area (Å²) in [6.45, 7) is 5.26. The first-order valence-corrected chi connectivity index (χ1v) is 11.4. The van der Waals surface area contributed by atoms with E-state index in [2.05, 4.69) is 10.6 Å². The number of rotatable bonds is 9. The summed E-state index contributed by atoms with van der Waals surface area (Å²) in [5, 5.41) is 5.88. The number of aryl methyl sites for hydroxylation is 3. The predicted molar refractivity (Wildman–Crippen MR) is 135 cm³/mol. The Kier molecular flexibility index (Phi) is 8.86. The molecule has 7 nitrogen and oxygen atoms in total. The monoisotopic (exact) mass is 494 g/mol. The number of halogens is 1. The highest BCUT2D eigenvalue weighted by molar-refractivity contribution is 6.30. The van der Waals surface area contributed by atoms with Crippen LogP contribution < -0.4 is 15.4 Å². The molecular formula is C27H27ClN2O5. The zero-order chi connectivity index (χ0) is 25.4. The van der Waals surface area contributed by atoms with Crippen LogP contribution >= 0.6 is 11.6 Å². The molecule has 8 heteroatoms. The molecule has 0 unspecified atom stereocenters. The average molecular weight is 495 g/mol. The standard InChI is InChI=1S/C27H27ClN2O5/c1-17-12-18(2)26(19(3)13-17)30-24(31)14-29-25(32)16-35-27(33)22-6-4-5-7-23(22)34-15-20-8-10-21(28)11-9-20/h4-13H,14-16H2,1-3H3,(H,29,32)(H,30,31). The van der Waals surface area contributed by atoms with E-state index in [0.717, 1.165) is 27.9 Å². The van der Waals surface area contributed by atoms with Gasteiger partial charge >= 0.3 is 5.97 Å². The molecule has 0 fully saturated rings. The van der Waals surface area contributed by atoms with Gasteiger partial charge < -0.3 is 20.1 Å². The Bertz CT molecular complexity index is 1200. The Morgan fingerprint density at radius 2 is 1.54 bits per heavy atom. The molecule has 0 aliphatic carbocycles. The number of carbonyl (C=O) groups excluding carboxylic acids is 3. The summed E-state index contributed by atoms with van der Waals surface area (Å²) in [7, 11) is 0. The molecule has 0 aromatic heterocycles. The van der Waals surface area contributed by atoms with Gasteiger partial charge in [-0.15, -0.1) is 0 Å². The Labute approximate surface area is 209 Å². The summed E-state index contributed by atoms with van der Waals surface area (Å²) >= 11 is 5.89. The minimum atomic E-state index is -0.706. The van der Waals surface area contributed by atoms with Crippen molar-refractivity contribution in [3.8, 4) is 5.75 Å². The number of para-hydroxylation sites is 1. The van der Waals surface area contributed by atoms with Crippen LogP contribution in [0.1, 0.15) is 32.6 Å². The molecule has 0 radical (unpaired) electrons. The van der Waals surface area contributed by atoms with Crippen molar-refractivity contribution in [1.29, 1.82) is 0 Å². The van der Waals surface area contributed by atoms with Crippen molar-refractivity contribution >= 4 is 35.1 Å². The van der Waals surface area contributed by atoms with Gasteiger partial charge in [0.15, 0.2) is 6.61 Å². The van der Waals surface area contributed by atoms with E-state index in [0.29, 0.717) is 10.8 Å². The van der Waals surface area contributed by atoms with Crippen molar-refractivity contribution in [3.63, 3.8) is 0 Å². The van der Waals surface area contributed by atoms with Gasteiger partial charge in [-0.2, -0.15) is 0 Å². The fourth-order valence-electron chi connectivity index (χ4n) is 3.50. The average Bonchev–Trinajstić information content (AvgIpc) is 2.83. The molecule has 0 aliphatic rings. The second-order valence-electron chi connectivity index (χ2n) is 8.09. The molecule has 0 saturated carbocycles. The topological polar surface area (TPSA) is 93.7 Å². The number of benzene rings is 3. The number of anilines is 1. The van der Waals surface area contributed by atoms with Gasteiger partial charge in [0.2, 0.25) is 5.91 Å². The molecule has 182 valence electrons. The molecule has 2 amide bonds. The van der Waals surface area contributed by atoms with Crippen LogP contribution in [0.3, 0.4) is 0 Å². The van der Waals surface area contributed by atoms with Crippen LogP contribution in [0.4, 0.5) is 5.69 Å². The normalized spacial score (nSPS) is 10.4. The van der Waals surface area contributed by atoms with E-state index in [1.807, 2.05) is 45.0 Å². The van der Waals surface area contributed by atoms with Crippen LogP contribution in [-0.4, -0.2) is 30.9 Å². The summed E-state index contributed by atoms with van der Waals surface area (Å²) in [5.41, 5.74) is 4.77. The second-order valence-corrected chi connectivity index (χ2v) is 8.52. The predicted octanol–water partition coefficient (Wildman–Crippen LogP) is 4.76. The fourth-order valence-corrected chi connectivity index (χ4v) is 3.63. The molecule has 3 rings (SSSR count). The molecule has 0 spiro atoms. The first-order chi connectivity index (χ1) is 16.7. The number of ether oxygens (including phenoxy) is 2. The van der Waals surface area contributed by atoms with Crippen LogP contribution in [0.5, 0.6) is 5.75 Å². The van der Waals surface area contributed by atoms with Crippen LogP contribution in [-0.2, 0) is 20.9 Å². The van der Waals surface area contributed by atoms with Crippen molar-refractivity contribution in [2.45, 2.75) is 27.4 Å². The number of amides is 2. The van der Waals surface area contributed by atoms with Gasteiger partial charge in [0.1, 0.15) is 17.9 Å². The Morgan fingerprint density at radius 1 is 0.886 bits per heavy atom. The van der Waals surface area contributed by atoms with Gasteiger partial charge in [-0.25, -0.2) is 4.79 Å². The highest BCUT2D eigenvalue weighted by Gasteiger charge is 2.16. The Balaban J connectivity index is 1.48. The van der Waals surface area contributed by atoms with Crippen LogP contribution in [0, 0.1) is 20.8 Å². The second kappa shape index (κ2) is 12.0. The van der Waals surface area contributed by atoms with E-state index in [1.54, 1.807) is 36.4 Å². The Morgan fingerprint density at radius 3 is 2.23 bits per heavy atom. The molecule has 0 heterocycles. The number of hydrogen-bond donors (Lipinski definition) is 2. The molecule has 35 heavy (non-hydrogen) atoms. The summed E-state index contributed by atoms with van der Waals surface area (Å²) in [6.07, 6.45) is 0. The van der Waals surface area contributed by atoms with Crippen molar-refractivity contribution in [3.05, 3.63) is 93.5 Å². The van der Waals surface area contributed by atoms with E-state index in [4.69, 9.17) is 21.1 Å². The molecule has 3 aromatic carbocycles. The van der Waals surface area contributed by atoms with E-state index < -0.39 is 18.5 Å². The minimum Gasteiger partial charge on any atom is -0.488 e. The highest BCUT2D eigenvalue weighted by Crippen LogP contribution is 2.22. The lowest BCUT2D eigenvalue weighted by atomic mass is 10.1. The van der Waals surface area contributed by atoms with Crippen molar-refractivity contribution in [1.82, 2.24) is 5.32 Å². The van der Waals surface area contributed by atoms with Crippen molar-refractivity contribution in [2.75, 3.05) is 18.5 Å². The van der Waals surface area contributed by atoms with E-state index >= 15 is 0 Å². The summed E-state index contributed by atoms with van der Waals surface area (Å²) in [4.78, 5) is 36.9. The maximum absolute atomic E-state index is 12.5. The molecule has 0 aliphatic heterocycles. The van der Waals surface area contributed by atoms with Crippen LogP contribution in [0.15, 0.2) is 60.7 Å². The zero-order valence-electron chi connectivity index (χ0n) is 19.8. The van der Waals surface area contributed by atoms with Crippen molar-refractivity contribution in [2.24, 2.45) is 0 Å². The summed E-state index contributed by atoms with van der Waals surface area (Å²) in [6, 6.07) is 17.7.